The van der Waals surface area contributed by atoms with Crippen LogP contribution in [0.4, 0.5) is 0 Å². The first-order valence-corrected chi connectivity index (χ1v) is 7.17. The number of carbonyl (C=O) groups is 2. The summed E-state index contributed by atoms with van der Waals surface area (Å²) < 4.78 is 10.2. The van der Waals surface area contributed by atoms with Crippen LogP contribution in [0.15, 0.2) is 22.8 Å². The maximum atomic E-state index is 12.1. The lowest BCUT2D eigenvalue weighted by molar-refractivity contribution is -0.151. The van der Waals surface area contributed by atoms with E-state index in [-0.39, 0.29) is 17.8 Å². The van der Waals surface area contributed by atoms with Crippen molar-refractivity contribution in [3.63, 3.8) is 0 Å². The smallest absolute Gasteiger partial charge is 0.309 e. The van der Waals surface area contributed by atoms with Crippen molar-refractivity contribution >= 4 is 11.9 Å². The molecule has 0 aliphatic carbocycles. The van der Waals surface area contributed by atoms with E-state index in [2.05, 4.69) is 0 Å². The largest absolute Gasteiger partial charge is 0.469 e. The molecule has 1 aliphatic rings. The molecule has 110 valence electrons. The van der Waals surface area contributed by atoms with Crippen LogP contribution in [-0.4, -0.2) is 36.5 Å². The number of esters is 1. The summed E-state index contributed by atoms with van der Waals surface area (Å²) in [4.78, 5) is 25.5. The zero-order valence-electron chi connectivity index (χ0n) is 11.8. The molecule has 20 heavy (non-hydrogen) atoms. The van der Waals surface area contributed by atoms with Crippen LogP contribution in [0.5, 0.6) is 0 Å². The van der Waals surface area contributed by atoms with Crippen molar-refractivity contribution in [3.8, 4) is 0 Å². The summed E-state index contributed by atoms with van der Waals surface area (Å²) >= 11 is 0. The number of likely N-dealkylation sites (tertiary alicyclic amines) is 1. The van der Waals surface area contributed by atoms with Crippen LogP contribution < -0.4 is 0 Å². The first kappa shape index (κ1) is 14.6. The molecule has 0 N–H and O–H groups in total. The predicted molar refractivity (Wildman–Crippen MR) is 73.0 cm³/mol. The van der Waals surface area contributed by atoms with Crippen LogP contribution >= 0.6 is 0 Å². The fraction of sp³-hybridized carbons (Fsp3) is 0.600. The number of nitrogens with zero attached hydrogens (tertiary/aromatic N) is 1. The lowest BCUT2D eigenvalue weighted by Crippen LogP contribution is -2.40. The Balaban J connectivity index is 1.73. The number of furan rings is 1. The van der Waals surface area contributed by atoms with Crippen LogP contribution in [0, 0.1) is 5.92 Å². The van der Waals surface area contributed by atoms with Gasteiger partial charge in [-0.05, 0) is 31.9 Å². The van der Waals surface area contributed by atoms with Crippen molar-refractivity contribution < 1.29 is 18.7 Å². The van der Waals surface area contributed by atoms with Gasteiger partial charge in [0.15, 0.2) is 0 Å². The highest BCUT2D eigenvalue weighted by Crippen LogP contribution is 2.19. The average Bonchev–Trinajstić information content (AvgIpc) is 2.98. The topological polar surface area (TPSA) is 59.8 Å². The first-order chi connectivity index (χ1) is 9.70. The fourth-order valence-corrected chi connectivity index (χ4v) is 2.47. The lowest BCUT2D eigenvalue weighted by Gasteiger charge is -2.30. The Morgan fingerprint density at radius 2 is 2.15 bits per heavy atom. The SMILES string of the molecule is CCOC(=O)C1CCN(C(=O)CCc2ccco2)CC1. The molecule has 0 radical (unpaired) electrons. The molecule has 2 heterocycles. The van der Waals surface area contributed by atoms with Crippen molar-refractivity contribution in [1.29, 1.82) is 0 Å². The van der Waals surface area contributed by atoms with E-state index in [0.29, 0.717) is 45.4 Å². The third-order valence-electron chi connectivity index (χ3n) is 3.63. The minimum atomic E-state index is -0.129. The summed E-state index contributed by atoms with van der Waals surface area (Å²) in [6.45, 7) is 3.51. The normalized spacial score (nSPS) is 16.1. The molecule has 0 atom stereocenters. The number of piperidine rings is 1. The minimum Gasteiger partial charge on any atom is -0.469 e. The lowest BCUT2D eigenvalue weighted by atomic mass is 9.96. The van der Waals surface area contributed by atoms with Crippen LogP contribution in [0.3, 0.4) is 0 Å². The second-order valence-electron chi connectivity index (χ2n) is 4.99. The average molecular weight is 279 g/mol. The Hall–Kier alpha value is -1.78. The number of rotatable bonds is 5. The highest BCUT2D eigenvalue weighted by atomic mass is 16.5. The Bertz CT molecular complexity index is 433. The molecule has 1 aromatic heterocycles. The van der Waals surface area contributed by atoms with E-state index < -0.39 is 0 Å². The van der Waals surface area contributed by atoms with Crippen molar-refractivity contribution in [2.24, 2.45) is 5.92 Å². The third kappa shape index (κ3) is 3.85. The zero-order chi connectivity index (χ0) is 14.4. The van der Waals surface area contributed by atoms with E-state index in [1.54, 1.807) is 6.26 Å². The molecular formula is C15H21NO4. The second kappa shape index (κ2) is 7.12. The molecule has 1 aromatic rings. The number of hydrogen-bond donors (Lipinski definition) is 0. The Morgan fingerprint density at radius 1 is 1.40 bits per heavy atom. The van der Waals surface area contributed by atoms with Crippen molar-refractivity contribution in [2.45, 2.75) is 32.6 Å². The first-order valence-electron chi connectivity index (χ1n) is 7.17. The fourth-order valence-electron chi connectivity index (χ4n) is 2.47. The highest BCUT2D eigenvalue weighted by molar-refractivity contribution is 5.77. The summed E-state index contributed by atoms with van der Waals surface area (Å²) in [6.07, 6.45) is 4.10. The van der Waals surface area contributed by atoms with Gasteiger partial charge in [0.1, 0.15) is 5.76 Å². The zero-order valence-corrected chi connectivity index (χ0v) is 11.8. The van der Waals surface area contributed by atoms with Crippen LogP contribution in [0.2, 0.25) is 0 Å². The van der Waals surface area contributed by atoms with Crippen molar-refractivity contribution in [1.82, 2.24) is 4.90 Å². The second-order valence-corrected chi connectivity index (χ2v) is 4.99. The van der Waals surface area contributed by atoms with E-state index in [4.69, 9.17) is 9.15 Å². The highest BCUT2D eigenvalue weighted by Gasteiger charge is 2.27. The summed E-state index contributed by atoms with van der Waals surface area (Å²) in [5, 5.41) is 0. The van der Waals surface area contributed by atoms with Crippen molar-refractivity contribution in [3.05, 3.63) is 24.2 Å². The van der Waals surface area contributed by atoms with Gasteiger partial charge in [-0.25, -0.2) is 0 Å². The van der Waals surface area contributed by atoms with Gasteiger partial charge in [-0.15, -0.1) is 0 Å². The molecule has 0 saturated carbocycles. The molecule has 1 saturated heterocycles. The Kier molecular flexibility index (Phi) is 5.21. The molecule has 0 spiro atoms. The maximum Gasteiger partial charge on any atom is 0.309 e. The molecule has 2 rings (SSSR count). The summed E-state index contributed by atoms with van der Waals surface area (Å²) in [5.41, 5.74) is 0. The van der Waals surface area contributed by atoms with Gasteiger partial charge in [0.2, 0.25) is 5.91 Å². The van der Waals surface area contributed by atoms with E-state index in [1.807, 2.05) is 24.0 Å². The molecule has 1 fully saturated rings. The molecule has 0 unspecified atom stereocenters. The van der Waals surface area contributed by atoms with Gasteiger partial charge < -0.3 is 14.1 Å². The number of amides is 1. The van der Waals surface area contributed by atoms with E-state index in [9.17, 15) is 9.59 Å². The number of ether oxygens (including phenoxy) is 1. The van der Waals surface area contributed by atoms with E-state index in [1.165, 1.54) is 0 Å². The van der Waals surface area contributed by atoms with Gasteiger partial charge in [0.05, 0.1) is 18.8 Å². The molecule has 0 aromatic carbocycles. The summed E-state index contributed by atoms with van der Waals surface area (Å²) in [7, 11) is 0. The van der Waals surface area contributed by atoms with Gasteiger partial charge in [-0.1, -0.05) is 0 Å². The van der Waals surface area contributed by atoms with Crippen LogP contribution in [0.25, 0.3) is 0 Å². The number of hydrogen-bond acceptors (Lipinski definition) is 4. The van der Waals surface area contributed by atoms with E-state index >= 15 is 0 Å². The number of carbonyl (C=O) groups excluding carboxylic acids is 2. The van der Waals surface area contributed by atoms with Crippen molar-refractivity contribution in [2.75, 3.05) is 19.7 Å². The molecule has 5 nitrogen and oxygen atoms in total. The molecular weight excluding hydrogens is 258 g/mol. The predicted octanol–water partition coefficient (Wildman–Crippen LogP) is 2.01. The third-order valence-corrected chi connectivity index (χ3v) is 3.63. The molecule has 5 heteroatoms. The molecule has 0 bridgehead atoms. The van der Waals surface area contributed by atoms with Gasteiger partial charge in [-0.2, -0.15) is 0 Å². The van der Waals surface area contributed by atoms with Crippen LogP contribution in [0.1, 0.15) is 31.9 Å². The van der Waals surface area contributed by atoms with Gasteiger partial charge in [0, 0.05) is 25.9 Å². The van der Waals surface area contributed by atoms with Crippen LogP contribution in [-0.2, 0) is 20.7 Å². The summed E-state index contributed by atoms with van der Waals surface area (Å²) in [5.74, 6) is 0.780. The van der Waals surface area contributed by atoms with E-state index in [0.717, 1.165) is 5.76 Å². The number of aryl methyl sites for hydroxylation is 1. The maximum absolute atomic E-state index is 12.1. The Morgan fingerprint density at radius 3 is 2.75 bits per heavy atom. The monoisotopic (exact) mass is 279 g/mol. The standard InChI is InChI=1S/C15H21NO4/c1-2-19-15(18)12-7-9-16(10-8-12)14(17)6-5-13-4-3-11-20-13/h3-4,11-12H,2,5-10H2,1H3. The van der Waals surface area contributed by atoms with Gasteiger partial charge >= 0.3 is 5.97 Å². The minimum absolute atomic E-state index is 0.0518. The van der Waals surface area contributed by atoms with Gasteiger partial charge in [0.25, 0.3) is 0 Å². The Labute approximate surface area is 118 Å². The molecule has 1 aliphatic heterocycles. The molecule has 1 amide bonds. The quantitative estimate of drug-likeness (QED) is 0.774. The summed E-state index contributed by atoms with van der Waals surface area (Å²) in [6, 6.07) is 3.70. The van der Waals surface area contributed by atoms with Gasteiger partial charge in [-0.3, -0.25) is 9.59 Å².